The Hall–Kier alpha value is -2.09. The number of anilines is 1. The number of piperidine rings is 1. The highest BCUT2D eigenvalue weighted by Gasteiger charge is 2.27. The first kappa shape index (κ1) is 19.9. The summed E-state index contributed by atoms with van der Waals surface area (Å²) in [5, 5.41) is 9.03. The van der Waals surface area contributed by atoms with Crippen LogP contribution in [0.2, 0.25) is 5.02 Å². The van der Waals surface area contributed by atoms with E-state index < -0.39 is 0 Å². The smallest absolute Gasteiger partial charge is 0.151 e. The van der Waals surface area contributed by atoms with Gasteiger partial charge in [0.2, 0.25) is 0 Å². The minimum atomic E-state index is 0.426. The van der Waals surface area contributed by atoms with Crippen LogP contribution in [-0.2, 0) is 4.74 Å². The molecule has 6 nitrogen and oxygen atoms in total. The van der Waals surface area contributed by atoms with Crippen molar-refractivity contribution in [2.75, 3.05) is 31.6 Å². The lowest BCUT2D eigenvalue weighted by molar-refractivity contribution is 0.0262. The Morgan fingerprint density at radius 2 is 1.87 bits per heavy atom. The third kappa shape index (κ3) is 3.94. The summed E-state index contributed by atoms with van der Waals surface area (Å²) < 4.78 is 7.44. The van der Waals surface area contributed by atoms with Crippen LogP contribution in [0.5, 0.6) is 0 Å². The average Bonchev–Trinajstić information content (AvgIpc) is 3.16. The van der Waals surface area contributed by atoms with Crippen molar-refractivity contribution in [3.63, 3.8) is 0 Å². The van der Waals surface area contributed by atoms with Gasteiger partial charge >= 0.3 is 0 Å². The number of likely N-dealkylation sites (tertiary alicyclic amines) is 1. The molecule has 0 saturated carbocycles. The molecule has 2 saturated heterocycles. The molecule has 30 heavy (non-hydrogen) atoms. The molecule has 0 bridgehead atoms. The van der Waals surface area contributed by atoms with Crippen LogP contribution in [-0.4, -0.2) is 65.7 Å². The van der Waals surface area contributed by atoms with Crippen LogP contribution in [0.3, 0.4) is 0 Å². The highest BCUT2D eigenvalue weighted by Crippen LogP contribution is 2.29. The number of halogens is 1. The van der Waals surface area contributed by atoms with Gasteiger partial charge in [-0.2, -0.15) is 9.61 Å². The average molecular weight is 424 g/mol. The largest absolute Gasteiger partial charge is 0.381 e. The van der Waals surface area contributed by atoms with Gasteiger partial charge in [-0.15, -0.1) is 0 Å². The van der Waals surface area contributed by atoms with Crippen LogP contribution in [0.15, 0.2) is 36.5 Å². The standard InChI is InChI=1S/C22H27BClN5O/c23-18-14-25-29-21(13-20(27-22(18)29)17-3-1-2-4-19(17)24)26-15-5-9-28(10-6-15)16-7-11-30-12-8-16/h1-4,13-16,26H,5-12,23H2. The molecule has 0 spiro atoms. The second-order valence-electron chi connectivity index (χ2n) is 8.37. The first-order valence-electron chi connectivity index (χ1n) is 10.9. The van der Waals surface area contributed by atoms with E-state index in [0.717, 1.165) is 80.2 Å². The summed E-state index contributed by atoms with van der Waals surface area (Å²) in [6.07, 6.45) is 6.46. The molecule has 4 heterocycles. The van der Waals surface area contributed by atoms with Gasteiger partial charge in [0.15, 0.2) is 5.65 Å². The van der Waals surface area contributed by atoms with Gasteiger partial charge in [0.05, 0.1) is 5.69 Å². The number of ether oxygens (including phenoxy) is 1. The minimum Gasteiger partial charge on any atom is -0.381 e. The van der Waals surface area contributed by atoms with Crippen LogP contribution in [0.25, 0.3) is 16.9 Å². The number of nitrogens with zero attached hydrogens (tertiary/aromatic N) is 4. The number of hydrogen-bond donors (Lipinski definition) is 1. The van der Waals surface area contributed by atoms with E-state index in [0.29, 0.717) is 17.1 Å². The molecule has 0 amide bonds. The summed E-state index contributed by atoms with van der Waals surface area (Å²) in [6, 6.07) is 11.1. The molecule has 2 aromatic heterocycles. The molecule has 1 aromatic carbocycles. The Morgan fingerprint density at radius 3 is 2.63 bits per heavy atom. The van der Waals surface area contributed by atoms with Crippen molar-refractivity contribution in [3.05, 3.63) is 41.6 Å². The quantitative estimate of drug-likeness (QED) is 0.653. The predicted octanol–water partition coefficient (Wildman–Crippen LogP) is 2.36. The summed E-state index contributed by atoms with van der Waals surface area (Å²) in [6.45, 7) is 4.07. The molecule has 3 aromatic rings. The first-order chi connectivity index (χ1) is 14.7. The lowest BCUT2D eigenvalue weighted by Gasteiger charge is -2.39. The van der Waals surface area contributed by atoms with Crippen molar-refractivity contribution >= 4 is 36.4 Å². The number of fused-ring (bicyclic) bond motifs is 1. The first-order valence-corrected chi connectivity index (χ1v) is 11.3. The Bertz CT molecular complexity index is 1030. The topological polar surface area (TPSA) is 54.7 Å². The van der Waals surface area contributed by atoms with Gasteiger partial charge in [-0.3, -0.25) is 0 Å². The maximum Gasteiger partial charge on any atom is 0.151 e. The van der Waals surface area contributed by atoms with Crippen molar-refractivity contribution in [3.8, 4) is 11.3 Å². The van der Waals surface area contributed by atoms with Crippen molar-refractivity contribution in [1.82, 2.24) is 19.5 Å². The Balaban J connectivity index is 1.37. The van der Waals surface area contributed by atoms with E-state index in [2.05, 4.69) is 21.4 Å². The molecule has 0 radical (unpaired) electrons. The molecule has 2 aliphatic rings. The summed E-state index contributed by atoms with van der Waals surface area (Å²) >= 11 is 6.46. The number of rotatable bonds is 4. The highest BCUT2D eigenvalue weighted by molar-refractivity contribution is 6.36. The Morgan fingerprint density at radius 1 is 1.10 bits per heavy atom. The maximum atomic E-state index is 6.46. The number of benzene rings is 1. The van der Waals surface area contributed by atoms with Crippen molar-refractivity contribution in [1.29, 1.82) is 0 Å². The molecular formula is C22H27BClN5O. The fourth-order valence-electron chi connectivity index (χ4n) is 4.65. The summed E-state index contributed by atoms with van der Waals surface area (Å²) in [5.41, 5.74) is 3.74. The minimum absolute atomic E-state index is 0.426. The van der Waals surface area contributed by atoms with Gasteiger partial charge in [-0.1, -0.05) is 29.8 Å². The summed E-state index contributed by atoms with van der Waals surface area (Å²) in [5.74, 6) is 0.979. The molecule has 0 atom stereocenters. The normalized spacial score (nSPS) is 19.4. The van der Waals surface area contributed by atoms with Gasteiger partial charge in [0.25, 0.3) is 0 Å². The zero-order valence-corrected chi connectivity index (χ0v) is 18.1. The molecule has 8 heteroatoms. The van der Waals surface area contributed by atoms with E-state index in [-0.39, 0.29) is 0 Å². The van der Waals surface area contributed by atoms with Crippen LogP contribution < -0.4 is 10.8 Å². The van der Waals surface area contributed by atoms with E-state index in [1.165, 1.54) is 0 Å². The van der Waals surface area contributed by atoms with Gasteiger partial charge in [0.1, 0.15) is 13.7 Å². The highest BCUT2D eigenvalue weighted by atomic mass is 35.5. The zero-order valence-electron chi connectivity index (χ0n) is 17.4. The molecule has 0 aliphatic carbocycles. The monoisotopic (exact) mass is 423 g/mol. The molecular weight excluding hydrogens is 397 g/mol. The third-order valence-electron chi connectivity index (χ3n) is 6.39. The fraction of sp³-hybridized carbons (Fsp3) is 0.455. The van der Waals surface area contributed by atoms with Gasteiger partial charge in [-0.25, -0.2) is 4.98 Å². The molecule has 5 rings (SSSR count). The van der Waals surface area contributed by atoms with Gasteiger partial charge in [-0.05, 0) is 37.2 Å². The molecule has 156 valence electrons. The predicted molar refractivity (Wildman–Crippen MR) is 124 cm³/mol. The Labute approximate surface area is 183 Å². The van der Waals surface area contributed by atoms with Gasteiger partial charge in [0, 0.05) is 61.2 Å². The molecule has 2 aliphatic heterocycles. The van der Waals surface area contributed by atoms with Crippen molar-refractivity contribution < 1.29 is 4.74 Å². The van der Waals surface area contributed by atoms with Crippen LogP contribution >= 0.6 is 11.6 Å². The van der Waals surface area contributed by atoms with E-state index in [9.17, 15) is 0 Å². The zero-order chi connectivity index (χ0) is 20.5. The van der Waals surface area contributed by atoms with E-state index in [1.807, 2.05) is 42.8 Å². The summed E-state index contributed by atoms with van der Waals surface area (Å²) in [4.78, 5) is 7.50. The second-order valence-corrected chi connectivity index (χ2v) is 8.77. The van der Waals surface area contributed by atoms with Crippen LogP contribution in [0, 0.1) is 0 Å². The van der Waals surface area contributed by atoms with E-state index >= 15 is 0 Å². The lowest BCUT2D eigenvalue weighted by atomic mass is 9.99. The van der Waals surface area contributed by atoms with Crippen LogP contribution in [0.1, 0.15) is 25.7 Å². The SMILES string of the molecule is Bc1cnn2c(NC3CCN(C4CCOCC4)CC3)cc(-c3ccccc3Cl)nc12. The number of nitrogens with one attached hydrogen (secondary N) is 1. The Kier molecular flexibility index (Phi) is 5.67. The summed E-state index contributed by atoms with van der Waals surface area (Å²) in [7, 11) is 2.04. The van der Waals surface area contributed by atoms with Crippen molar-refractivity contribution in [2.45, 2.75) is 37.8 Å². The molecule has 0 unspecified atom stereocenters. The van der Waals surface area contributed by atoms with E-state index in [4.69, 9.17) is 21.3 Å². The second kappa shape index (κ2) is 8.57. The lowest BCUT2D eigenvalue weighted by Crippen LogP contribution is -2.46. The number of aromatic nitrogens is 3. The van der Waals surface area contributed by atoms with Crippen molar-refractivity contribution in [2.24, 2.45) is 0 Å². The van der Waals surface area contributed by atoms with Gasteiger partial charge < -0.3 is 15.0 Å². The van der Waals surface area contributed by atoms with E-state index in [1.54, 1.807) is 0 Å². The number of hydrogen-bond acceptors (Lipinski definition) is 5. The van der Waals surface area contributed by atoms with Crippen LogP contribution in [0.4, 0.5) is 5.82 Å². The maximum absolute atomic E-state index is 6.46. The molecule has 2 fully saturated rings. The third-order valence-corrected chi connectivity index (χ3v) is 6.72. The molecule has 1 N–H and O–H groups in total. The fourth-order valence-corrected chi connectivity index (χ4v) is 4.88.